The molecule has 0 aliphatic rings. The molecule has 3 heteroatoms. The second-order valence-corrected chi connectivity index (χ2v) is 1.58. The molecule has 0 unspecified atom stereocenters. The van der Waals surface area contributed by atoms with Crippen LogP contribution in [0.25, 0.3) is 0 Å². The second-order valence-electron chi connectivity index (χ2n) is 0.952. The fraction of sp³-hybridized carbons (Fsp3) is 0. The highest BCUT2D eigenvalue weighted by Crippen LogP contribution is 1.95. The molecular weight excluding hydrogens is 108 g/mol. The van der Waals surface area contributed by atoms with Crippen molar-refractivity contribution in [2.45, 2.75) is 0 Å². The molecule has 0 amide bonds. The molecule has 1 heterocycles. The van der Waals surface area contributed by atoms with Gasteiger partial charge in [0.1, 0.15) is 12.3 Å². The van der Waals surface area contributed by atoms with Crippen molar-refractivity contribution in [3.05, 3.63) is 17.1 Å². The van der Waals surface area contributed by atoms with Gasteiger partial charge < -0.3 is 0 Å². The zero-order chi connectivity index (χ0) is 5.11. The lowest BCUT2D eigenvalue weighted by Gasteiger charge is -1.58. The molecule has 1 rings (SSSR count). The smallest absolute Gasteiger partial charge is 0.123 e. The van der Waals surface area contributed by atoms with Gasteiger partial charge in [0.25, 0.3) is 0 Å². The fourth-order valence-corrected chi connectivity index (χ4v) is 0.647. The van der Waals surface area contributed by atoms with E-state index < -0.39 is 0 Å². The minimum absolute atomic E-state index is 0.519. The first-order valence-electron chi connectivity index (χ1n) is 1.65. The lowest BCUT2D eigenvalue weighted by atomic mass is 10.4. The lowest BCUT2D eigenvalue weighted by Crippen LogP contribution is -1.57. The number of hydrogen-bond donors (Lipinski definition) is 0. The van der Waals surface area contributed by atoms with E-state index in [1.807, 2.05) is 6.07 Å². The summed E-state index contributed by atoms with van der Waals surface area (Å²) in [6, 6.07) is 1.90. The topological polar surface area (TPSA) is 36.7 Å². The summed E-state index contributed by atoms with van der Waals surface area (Å²) in [5, 5.41) is 9.76. The quantitative estimate of drug-likeness (QED) is 0.494. The SMILES string of the molecule is N#Cc1[c]nsc1. The van der Waals surface area contributed by atoms with Crippen LogP contribution in [0, 0.1) is 17.5 Å². The summed E-state index contributed by atoms with van der Waals surface area (Å²) in [6.07, 6.45) is 2.49. The van der Waals surface area contributed by atoms with Gasteiger partial charge in [-0.25, -0.2) is 0 Å². The molecule has 0 saturated heterocycles. The molecule has 7 heavy (non-hydrogen) atoms. The number of nitriles is 1. The number of nitrogens with zero attached hydrogens (tertiary/aromatic N) is 2. The molecule has 0 fully saturated rings. The van der Waals surface area contributed by atoms with Crippen LogP contribution in [0.3, 0.4) is 0 Å². The number of hydrogen-bond acceptors (Lipinski definition) is 3. The van der Waals surface area contributed by atoms with Gasteiger partial charge in [0, 0.05) is 5.38 Å². The average molecular weight is 109 g/mol. The van der Waals surface area contributed by atoms with E-state index in [1.165, 1.54) is 11.5 Å². The van der Waals surface area contributed by atoms with Crippen LogP contribution in [0.1, 0.15) is 5.56 Å². The third-order valence-corrected chi connectivity index (χ3v) is 1.05. The van der Waals surface area contributed by atoms with E-state index in [0.29, 0.717) is 5.56 Å². The van der Waals surface area contributed by atoms with E-state index >= 15 is 0 Å². The van der Waals surface area contributed by atoms with Crippen LogP contribution < -0.4 is 0 Å². The molecule has 0 saturated carbocycles. The highest BCUT2D eigenvalue weighted by Gasteiger charge is 1.85. The first kappa shape index (κ1) is 4.28. The predicted octanol–water partition coefficient (Wildman–Crippen LogP) is 0.815. The molecule has 0 atom stereocenters. The molecule has 0 N–H and O–H groups in total. The summed E-state index contributed by atoms with van der Waals surface area (Å²) in [6.45, 7) is 0. The Morgan fingerprint density at radius 2 is 2.86 bits per heavy atom. The van der Waals surface area contributed by atoms with Crippen LogP contribution in [0.4, 0.5) is 0 Å². The normalized spacial score (nSPS) is 7.86. The maximum Gasteiger partial charge on any atom is 0.123 e. The summed E-state index contributed by atoms with van der Waals surface area (Å²) < 4.78 is 3.59. The van der Waals surface area contributed by atoms with Crippen LogP contribution >= 0.6 is 11.5 Å². The van der Waals surface area contributed by atoms with Gasteiger partial charge in [-0.15, -0.1) is 0 Å². The maximum absolute atomic E-state index is 8.11. The first-order valence-corrected chi connectivity index (χ1v) is 2.49. The van der Waals surface area contributed by atoms with E-state index in [4.69, 9.17) is 5.26 Å². The molecule has 0 aromatic carbocycles. The van der Waals surface area contributed by atoms with E-state index in [0.717, 1.165) is 0 Å². The van der Waals surface area contributed by atoms with Crippen LogP contribution in [0.5, 0.6) is 0 Å². The molecule has 0 aliphatic carbocycles. The van der Waals surface area contributed by atoms with E-state index in [1.54, 1.807) is 5.38 Å². The van der Waals surface area contributed by atoms with Crippen molar-refractivity contribution >= 4 is 11.5 Å². The van der Waals surface area contributed by atoms with E-state index in [-0.39, 0.29) is 0 Å². The second kappa shape index (κ2) is 1.71. The summed E-state index contributed by atoms with van der Waals surface area (Å²) in [4.78, 5) is 0. The van der Waals surface area contributed by atoms with Crippen LogP contribution in [-0.4, -0.2) is 4.37 Å². The van der Waals surface area contributed by atoms with Crippen molar-refractivity contribution in [2.75, 3.05) is 0 Å². The Bertz CT molecular complexity index is 172. The molecule has 1 aromatic heterocycles. The lowest BCUT2D eigenvalue weighted by molar-refractivity contribution is 1.46. The van der Waals surface area contributed by atoms with E-state index in [2.05, 4.69) is 10.6 Å². The first-order chi connectivity index (χ1) is 3.43. The molecule has 0 spiro atoms. The van der Waals surface area contributed by atoms with Gasteiger partial charge in [0.15, 0.2) is 0 Å². The van der Waals surface area contributed by atoms with Gasteiger partial charge in [-0.1, -0.05) is 0 Å². The number of aromatic nitrogens is 1. The Hall–Kier alpha value is -0.880. The molecule has 2 nitrogen and oxygen atoms in total. The Labute approximate surface area is 45.2 Å². The van der Waals surface area contributed by atoms with Crippen molar-refractivity contribution in [1.29, 1.82) is 5.26 Å². The molecular formula is C4HN2S. The molecule has 1 aromatic rings. The molecule has 1 radical (unpaired) electrons. The summed E-state index contributed by atoms with van der Waals surface area (Å²) in [5.74, 6) is 0. The highest BCUT2D eigenvalue weighted by atomic mass is 32.1. The number of rotatable bonds is 0. The zero-order valence-corrected chi connectivity index (χ0v) is 4.20. The maximum atomic E-state index is 8.11. The standard InChI is InChI=1S/C4HN2S/c5-1-4-2-6-7-3-4/h3H. The highest BCUT2D eigenvalue weighted by molar-refractivity contribution is 7.03. The molecule has 0 bridgehead atoms. The molecule has 0 aliphatic heterocycles. The van der Waals surface area contributed by atoms with Crippen molar-refractivity contribution in [3.63, 3.8) is 0 Å². The van der Waals surface area contributed by atoms with Crippen molar-refractivity contribution in [3.8, 4) is 6.07 Å². The fourth-order valence-electron chi connectivity index (χ4n) is 0.232. The molecule has 33 valence electrons. The predicted molar refractivity (Wildman–Crippen MR) is 25.7 cm³/mol. The van der Waals surface area contributed by atoms with Crippen molar-refractivity contribution < 1.29 is 0 Å². The van der Waals surface area contributed by atoms with Gasteiger partial charge in [-0.2, -0.15) is 9.64 Å². The van der Waals surface area contributed by atoms with Gasteiger partial charge in [-0.05, 0) is 11.5 Å². The van der Waals surface area contributed by atoms with Gasteiger partial charge in [-0.3, -0.25) is 0 Å². The zero-order valence-electron chi connectivity index (χ0n) is 3.38. The van der Waals surface area contributed by atoms with Crippen LogP contribution in [-0.2, 0) is 0 Å². The Kier molecular flexibility index (Phi) is 1.05. The minimum atomic E-state index is 0.519. The Morgan fingerprint density at radius 3 is 3.14 bits per heavy atom. The van der Waals surface area contributed by atoms with Crippen molar-refractivity contribution in [2.24, 2.45) is 0 Å². The largest absolute Gasteiger partial charge is 0.192 e. The summed E-state index contributed by atoms with van der Waals surface area (Å²) in [5.41, 5.74) is 0.519. The third kappa shape index (κ3) is 0.756. The Morgan fingerprint density at radius 1 is 2.00 bits per heavy atom. The van der Waals surface area contributed by atoms with Gasteiger partial charge in [0.05, 0.1) is 5.56 Å². The van der Waals surface area contributed by atoms with Crippen molar-refractivity contribution in [1.82, 2.24) is 4.37 Å². The summed E-state index contributed by atoms with van der Waals surface area (Å²) in [7, 11) is 0. The average Bonchev–Trinajstić information content (AvgIpc) is 2.14. The monoisotopic (exact) mass is 109 g/mol. The van der Waals surface area contributed by atoms with Gasteiger partial charge >= 0.3 is 0 Å². The summed E-state index contributed by atoms with van der Waals surface area (Å²) >= 11 is 1.24. The van der Waals surface area contributed by atoms with Crippen LogP contribution in [0.15, 0.2) is 5.38 Å². The Balaban J connectivity index is 3.04. The van der Waals surface area contributed by atoms with Crippen LogP contribution in [0.2, 0.25) is 0 Å². The van der Waals surface area contributed by atoms with Gasteiger partial charge in [0.2, 0.25) is 0 Å². The minimum Gasteiger partial charge on any atom is -0.192 e. The van der Waals surface area contributed by atoms with E-state index in [9.17, 15) is 0 Å². The third-order valence-electron chi connectivity index (χ3n) is 0.510.